The Bertz CT molecular complexity index is 4260. The number of amides is 4. The molecule has 12 rings (SSSR count). The molecule has 12 aromatic rings. The van der Waals surface area contributed by atoms with E-state index >= 15 is 0 Å². The second kappa shape index (κ2) is 40.2. The van der Waals surface area contributed by atoms with Crippen molar-refractivity contribution >= 4 is 91.5 Å². The molecule has 0 saturated heterocycles. The summed E-state index contributed by atoms with van der Waals surface area (Å²) in [5.41, 5.74) is 29.8. The van der Waals surface area contributed by atoms with Crippen molar-refractivity contribution in [3.05, 3.63) is 308 Å². The summed E-state index contributed by atoms with van der Waals surface area (Å²) in [6, 6.07) is 65.4. The average molecular weight is 1400 g/mol. The van der Waals surface area contributed by atoms with Crippen LogP contribution in [0.5, 0.6) is 0 Å². The number of H-pyrrole nitrogens is 4. The molecule has 0 atom stereocenters. The third kappa shape index (κ3) is 23.2. The number of carbonyl (C=O) groups is 4. The Balaban J connectivity index is 0.000000161. The molecule has 4 aromatic heterocycles. The second-order valence-corrected chi connectivity index (χ2v) is 25.0. The molecule has 0 fully saturated rings. The van der Waals surface area contributed by atoms with Crippen LogP contribution in [0.4, 0.5) is 0 Å². The molecule has 4 amide bonds. The highest BCUT2D eigenvalue weighted by Gasteiger charge is 2.12. The van der Waals surface area contributed by atoms with Gasteiger partial charge in [-0.25, -0.2) is 21.9 Å². The zero-order valence-electron chi connectivity index (χ0n) is 59.0. The predicted octanol–water partition coefficient (Wildman–Crippen LogP) is 13.3. The number of para-hydroxylation sites is 4. The van der Waals surface area contributed by atoms with Gasteiger partial charge in [0.05, 0.1) is 0 Å². The van der Waals surface area contributed by atoms with Crippen molar-refractivity contribution in [3.63, 3.8) is 0 Å². The molecule has 16 N–H and O–H groups in total. The number of nitrogens with one attached hydrogen (secondary N) is 12. The third-order valence-corrected chi connectivity index (χ3v) is 17.7. The van der Waals surface area contributed by atoms with Gasteiger partial charge in [-0.15, -0.1) is 0 Å². The molecule has 0 aliphatic heterocycles. The van der Waals surface area contributed by atoms with Gasteiger partial charge in [0.25, 0.3) is 23.6 Å². The van der Waals surface area contributed by atoms with E-state index in [2.05, 4.69) is 166 Å². The number of aromatic nitrogens is 4. The molecule has 0 spiro atoms. The molecule has 0 saturated carbocycles. The molecule has 104 heavy (non-hydrogen) atoms. The normalized spacial score (nSPS) is 11.3. The van der Waals surface area contributed by atoms with Gasteiger partial charge in [0, 0.05) is 117 Å². The highest BCUT2D eigenvalue weighted by Crippen LogP contribution is 2.26. The fourth-order valence-electron chi connectivity index (χ4n) is 12.2. The first-order valence-electron chi connectivity index (χ1n) is 34.6. The number of fused-ring (bicyclic) bond motifs is 4. The molecule has 0 aliphatic carbocycles. The minimum atomic E-state index is -0.539. The average Bonchev–Trinajstić information content (AvgIpc) is 1.69. The van der Waals surface area contributed by atoms with E-state index in [9.17, 15) is 19.2 Å². The van der Waals surface area contributed by atoms with Crippen molar-refractivity contribution in [3.8, 4) is 0 Å². The number of carbonyl (C=O) groups excluding carboxylic acids is 4. The minimum absolute atomic E-state index is 0.539. The molecule has 20 heteroatoms. The van der Waals surface area contributed by atoms with Crippen LogP contribution in [0.3, 0.4) is 0 Å². The van der Waals surface area contributed by atoms with Gasteiger partial charge in [0.2, 0.25) is 0 Å². The number of rotatable bonds is 28. The number of hydrogen-bond donors (Lipinski definition) is 16. The Hall–Kier alpha value is -11.6. The molecule has 0 aliphatic rings. The Labute approximate surface area is 605 Å². The molecule has 0 radical (unpaired) electrons. The van der Waals surface area contributed by atoms with E-state index in [1.165, 1.54) is 135 Å². The van der Waals surface area contributed by atoms with Gasteiger partial charge in [-0.05, 0) is 195 Å². The molecule has 536 valence electrons. The van der Waals surface area contributed by atoms with Gasteiger partial charge in [0.15, 0.2) is 0 Å². The SMILES string of the molecule is Cc1[nH]c2ccccc2c1CCNCc1ccc(/C=C/C(=O)NO)cc1.Cc1[nH]c2ccccc2c1CCNCc1ccc(/C=C/C(=O)NO)cc1.Cc1[nH]c2ccccc2c1CCNCc1ccc(/C=C/C(=O)NO)cc1.Cc1[nH]c2ccccc2c1CCNCc1ccc(/C=C/C(=O)NO)cc1. The summed E-state index contributed by atoms with van der Waals surface area (Å²) in [5, 5.41) is 53.0. The molecule has 0 unspecified atom stereocenters. The summed E-state index contributed by atoms with van der Waals surface area (Å²) in [7, 11) is 0. The number of aryl methyl sites for hydroxylation is 4. The third-order valence-electron chi connectivity index (χ3n) is 17.7. The van der Waals surface area contributed by atoms with Gasteiger partial charge >= 0.3 is 0 Å². The van der Waals surface area contributed by atoms with E-state index < -0.39 is 23.6 Å². The van der Waals surface area contributed by atoms with Crippen LogP contribution in [0.25, 0.3) is 67.9 Å². The van der Waals surface area contributed by atoms with Crippen LogP contribution < -0.4 is 43.2 Å². The smallest absolute Gasteiger partial charge is 0.267 e. The zero-order valence-corrected chi connectivity index (χ0v) is 59.0. The first-order valence-corrected chi connectivity index (χ1v) is 34.6. The fourth-order valence-corrected chi connectivity index (χ4v) is 12.2. The molecule has 8 aromatic carbocycles. The number of hydroxylamine groups is 4. The van der Waals surface area contributed by atoms with Gasteiger partial charge in [-0.1, -0.05) is 170 Å². The van der Waals surface area contributed by atoms with E-state index in [0.717, 1.165) is 100 Å². The van der Waals surface area contributed by atoms with Crippen LogP contribution in [0.1, 0.15) is 89.5 Å². The van der Waals surface area contributed by atoms with Crippen LogP contribution in [0.2, 0.25) is 0 Å². The largest absolute Gasteiger partial charge is 0.358 e. The van der Waals surface area contributed by atoms with Crippen molar-refractivity contribution in [1.82, 2.24) is 63.1 Å². The van der Waals surface area contributed by atoms with Crippen molar-refractivity contribution in [2.45, 2.75) is 79.6 Å². The Morgan fingerprint density at radius 1 is 0.288 bits per heavy atom. The molecular formula is C84H92N12O8. The lowest BCUT2D eigenvalue weighted by molar-refractivity contribution is -0.124. The van der Waals surface area contributed by atoms with E-state index in [4.69, 9.17) is 20.8 Å². The van der Waals surface area contributed by atoms with Crippen molar-refractivity contribution in [2.75, 3.05) is 26.2 Å². The quantitative estimate of drug-likeness (QED) is 0.00942. The molecular weight excluding hydrogens is 1300 g/mol. The maximum Gasteiger partial charge on any atom is 0.267 e. The highest BCUT2D eigenvalue weighted by molar-refractivity contribution is 5.93. The Morgan fingerprint density at radius 3 is 0.673 bits per heavy atom. The van der Waals surface area contributed by atoms with Gasteiger partial charge in [-0.2, -0.15) is 0 Å². The topological polar surface area (TPSA) is 309 Å². The number of benzene rings is 8. The Morgan fingerprint density at radius 2 is 0.481 bits per heavy atom. The van der Waals surface area contributed by atoms with E-state index in [1.807, 2.05) is 97.1 Å². The summed E-state index contributed by atoms with van der Waals surface area (Å²) in [5.74, 6) is -2.15. The van der Waals surface area contributed by atoms with Gasteiger partial charge in [-0.3, -0.25) is 40.0 Å². The minimum Gasteiger partial charge on any atom is -0.358 e. The lowest BCUT2D eigenvalue weighted by Gasteiger charge is -2.06. The van der Waals surface area contributed by atoms with Crippen molar-refractivity contribution in [1.29, 1.82) is 0 Å². The maximum atomic E-state index is 11.0. The van der Waals surface area contributed by atoms with Crippen molar-refractivity contribution < 1.29 is 40.0 Å². The van der Waals surface area contributed by atoms with Crippen LogP contribution >= 0.6 is 0 Å². The summed E-state index contributed by atoms with van der Waals surface area (Å²) >= 11 is 0. The van der Waals surface area contributed by atoms with Crippen LogP contribution in [-0.4, -0.2) is 90.6 Å². The standard InChI is InChI=1S/4C21H23N3O2/c4*1-15-18(19-4-2-3-5-20(19)23-15)12-13-22-14-17-8-6-16(7-9-17)10-11-21(25)24-26/h4*2-11,22-23,26H,12-14H2,1H3,(H,24,25)/b4*11-10+. The first-order chi connectivity index (χ1) is 50.7. The van der Waals surface area contributed by atoms with E-state index in [1.54, 1.807) is 46.2 Å². The molecule has 20 nitrogen and oxygen atoms in total. The predicted molar refractivity (Wildman–Crippen MR) is 415 cm³/mol. The number of hydrogen-bond acceptors (Lipinski definition) is 12. The lowest BCUT2D eigenvalue weighted by atomic mass is 10.1. The van der Waals surface area contributed by atoms with Crippen LogP contribution in [0, 0.1) is 27.7 Å². The summed E-state index contributed by atoms with van der Waals surface area (Å²) < 4.78 is 0. The van der Waals surface area contributed by atoms with Crippen molar-refractivity contribution in [2.24, 2.45) is 0 Å². The Kier molecular flexibility index (Phi) is 29.6. The molecule has 4 heterocycles. The van der Waals surface area contributed by atoms with E-state index in [-0.39, 0.29) is 0 Å². The second-order valence-electron chi connectivity index (χ2n) is 25.0. The first kappa shape index (κ1) is 76.6. The summed E-state index contributed by atoms with van der Waals surface area (Å²) in [4.78, 5) is 57.6. The monoisotopic (exact) mass is 1400 g/mol. The fraction of sp³-hybridized carbons (Fsp3) is 0.190. The number of aromatic amines is 4. The maximum absolute atomic E-state index is 11.0. The zero-order chi connectivity index (χ0) is 73.4. The van der Waals surface area contributed by atoms with E-state index in [0.29, 0.717) is 0 Å². The molecule has 0 bridgehead atoms. The van der Waals surface area contributed by atoms with Gasteiger partial charge in [0.1, 0.15) is 0 Å². The van der Waals surface area contributed by atoms with Gasteiger partial charge < -0.3 is 41.2 Å². The summed E-state index contributed by atoms with van der Waals surface area (Å²) in [6.07, 6.45) is 15.7. The van der Waals surface area contributed by atoms with Crippen LogP contribution in [-0.2, 0) is 71.0 Å². The lowest BCUT2D eigenvalue weighted by Crippen LogP contribution is -2.16. The van der Waals surface area contributed by atoms with Crippen LogP contribution in [0.15, 0.2) is 218 Å². The summed E-state index contributed by atoms with van der Waals surface area (Å²) in [6.45, 7) is 15.3. The highest BCUT2D eigenvalue weighted by atomic mass is 16.5.